The van der Waals surface area contributed by atoms with Crippen molar-refractivity contribution < 1.29 is 0 Å². The lowest BCUT2D eigenvalue weighted by Gasteiger charge is -2.07. The molecule has 0 aliphatic heterocycles. The van der Waals surface area contributed by atoms with Gasteiger partial charge in [0.05, 0.1) is 11.9 Å². The van der Waals surface area contributed by atoms with E-state index in [-0.39, 0.29) is 5.56 Å². The summed E-state index contributed by atoms with van der Waals surface area (Å²) in [5.74, 6) is 0.582. The van der Waals surface area contributed by atoms with Crippen LogP contribution >= 0.6 is 0 Å². The fraction of sp³-hybridized carbons (Fsp3) is 0.188. The minimum absolute atomic E-state index is 0.168. The van der Waals surface area contributed by atoms with Gasteiger partial charge in [-0.15, -0.1) is 0 Å². The van der Waals surface area contributed by atoms with E-state index in [4.69, 9.17) is 0 Å². The van der Waals surface area contributed by atoms with Gasteiger partial charge in [-0.05, 0) is 19.4 Å². The van der Waals surface area contributed by atoms with Gasteiger partial charge in [-0.2, -0.15) is 5.10 Å². The van der Waals surface area contributed by atoms with Gasteiger partial charge in [0.2, 0.25) is 0 Å². The number of aromatic nitrogens is 4. The maximum Gasteiger partial charge on any atom is 0.251 e. The second-order valence-corrected chi connectivity index (χ2v) is 5.20. The van der Waals surface area contributed by atoms with Crippen molar-refractivity contribution in [2.75, 3.05) is 0 Å². The average Bonchev–Trinajstić information content (AvgIpc) is 2.84. The maximum absolute atomic E-state index is 11.9. The zero-order valence-electron chi connectivity index (χ0n) is 12.2. The Morgan fingerprint density at radius 3 is 2.67 bits per heavy atom. The van der Waals surface area contributed by atoms with Crippen LogP contribution in [0, 0.1) is 13.8 Å². The van der Waals surface area contributed by atoms with Crippen LogP contribution in [0.3, 0.4) is 0 Å². The zero-order chi connectivity index (χ0) is 15.0. The Bertz CT molecular complexity index is 861. The van der Waals surface area contributed by atoms with Crippen molar-refractivity contribution in [1.82, 2.24) is 19.7 Å². The third kappa shape index (κ3) is 2.63. The topological polar surface area (TPSA) is 63.6 Å². The van der Waals surface area contributed by atoms with E-state index in [0.29, 0.717) is 11.5 Å². The number of benzene rings is 1. The van der Waals surface area contributed by atoms with Crippen LogP contribution < -0.4 is 5.56 Å². The molecule has 0 aliphatic carbocycles. The van der Waals surface area contributed by atoms with E-state index < -0.39 is 0 Å². The summed E-state index contributed by atoms with van der Waals surface area (Å²) >= 11 is 0. The average molecular weight is 280 g/mol. The second kappa shape index (κ2) is 5.01. The summed E-state index contributed by atoms with van der Waals surface area (Å²) in [6.45, 7) is 4.05. The Balaban J connectivity index is 2.16. The lowest BCUT2D eigenvalue weighted by atomic mass is 10.1. The molecule has 2 aromatic heterocycles. The van der Waals surface area contributed by atoms with Crippen molar-refractivity contribution in [2.45, 2.75) is 13.8 Å². The van der Waals surface area contributed by atoms with E-state index in [1.807, 2.05) is 39.2 Å². The number of rotatable bonds is 2. The molecule has 0 fully saturated rings. The maximum atomic E-state index is 11.9. The molecule has 0 unspecified atom stereocenters. The van der Waals surface area contributed by atoms with Gasteiger partial charge in [0.15, 0.2) is 0 Å². The SMILES string of the molecule is Cc1ccc(-c2nc(-c3cnn(C)c3)cc(=O)[nH]2)c(C)c1. The first kappa shape index (κ1) is 13.3. The minimum Gasteiger partial charge on any atom is -0.306 e. The molecule has 0 radical (unpaired) electrons. The molecule has 3 rings (SSSR count). The van der Waals surface area contributed by atoms with Gasteiger partial charge in [0, 0.05) is 30.4 Å². The molecule has 5 nitrogen and oxygen atoms in total. The largest absolute Gasteiger partial charge is 0.306 e. The summed E-state index contributed by atoms with van der Waals surface area (Å²) < 4.78 is 1.69. The van der Waals surface area contributed by atoms with Gasteiger partial charge in [0.25, 0.3) is 5.56 Å². The van der Waals surface area contributed by atoms with Crippen LogP contribution in [0.1, 0.15) is 11.1 Å². The van der Waals surface area contributed by atoms with E-state index in [9.17, 15) is 4.79 Å². The highest BCUT2D eigenvalue weighted by Crippen LogP contribution is 2.22. The van der Waals surface area contributed by atoms with E-state index in [1.165, 1.54) is 11.6 Å². The monoisotopic (exact) mass is 280 g/mol. The highest BCUT2D eigenvalue weighted by molar-refractivity contribution is 5.64. The highest BCUT2D eigenvalue weighted by atomic mass is 16.1. The fourth-order valence-corrected chi connectivity index (χ4v) is 2.37. The molecular weight excluding hydrogens is 264 g/mol. The van der Waals surface area contributed by atoms with Crippen LogP contribution in [-0.4, -0.2) is 19.7 Å². The Hall–Kier alpha value is -2.69. The molecular formula is C16H16N4O. The van der Waals surface area contributed by atoms with Crippen LogP contribution in [0.15, 0.2) is 41.5 Å². The molecule has 1 N–H and O–H groups in total. The van der Waals surface area contributed by atoms with Crippen molar-refractivity contribution in [3.8, 4) is 22.6 Å². The lowest BCUT2D eigenvalue weighted by molar-refractivity contribution is 0.768. The van der Waals surface area contributed by atoms with E-state index in [1.54, 1.807) is 10.9 Å². The Morgan fingerprint density at radius 1 is 1.19 bits per heavy atom. The predicted molar refractivity (Wildman–Crippen MR) is 82.0 cm³/mol. The quantitative estimate of drug-likeness (QED) is 0.784. The minimum atomic E-state index is -0.168. The third-order valence-corrected chi connectivity index (χ3v) is 3.38. The van der Waals surface area contributed by atoms with Crippen LogP contribution in [-0.2, 0) is 7.05 Å². The Morgan fingerprint density at radius 2 is 2.00 bits per heavy atom. The lowest BCUT2D eigenvalue weighted by Crippen LogP contribution is -2.09. The summed E-state index contributed by atoms with van der Waals surface area (Å²) in [4.78, 5) is 19.3. The van der Waals surface area contributed by atoms with Crippen molar-refractivity contribution in [1.29, 1.82) is 0 Å². The first-order valence-corrected chi connectivity index (χ1v) is 6.71. The summed E-state index contributed by atoms with van der Waals surface area (Å²) in [7, 11) is 1.84. The van der Waals surface area contributed by atoms with Gasteiger partial charge >= 0.3 is 0 Å². The molecule has 0 bridgehead atoms. The molecule has 5 heteroatoms. The number of hydrogen-bond acceptors (Lipinski definition) is 3. The van der Waals surface area contributed by atoms with Crippen LogP contribution in [0.4, 0.5) is 0 Å². The highest BCUT2D eigenvalue weighted by Gasteiger charge is 2.09. The smallest absolute Gasteiger partial charge is 0.251 e. The van der Waals surface area contributed by atoms with Gasteiger partial charge in [-0.1, -0.05) is 23.8 Å². The number of aromatic amines is 1. The molecule has 0 aliphatic rings. The van der Waals surface area contributed by atoms with Crippen LogP contribution in [0.2, 0.25) is 0 Å². The van der Waals surface area contributed by atoms with Gasteiger partial charge < -0.3 is 4.98 Å². The van der Waals surface area contributed by atoms with E-state index in [0.717, 1.165) is 16.7 Å². The summed E-state index contributed by atoms with van der Waals surface area (Å²) in [5, 5.41) is 4.12. The zero-order valence-corrected chi connectivity index (χ0v) is 12.2. The van der Waals surface area contributed by atoms with Crippen LogP contribution in [0.25, 0.3) is 22.6 Å². The molecule has 1 aromatic carbocycles. The molecule has 0 saturated carbocycles. The van der Waals surface area contributed by atoms with Crippen molar-refractivity contribution in [2.24, 2.45) is 7.05 Å². The van der Waals surface area contributed by atoms with Gasteiger partial charge in [0.1, 0.15) is 5.82 Å². The fourth-order valence-electron chi connectivity index (χ4n) is 2.37. The van der Waals surface area contributed by atoms with E-state index in [2.05, 4.69) is 21.1 Å². The van der Waals surface area contributed by atoms with Crippen molar-refractivity contribution in [3.05, 3.63) is 58.1 Å². The predicted octanol–water partition coefficient (Wildman–Crippen LogP) is 2.45. The molecule has 3 aromatic rings. The number of nitrogens with zero attached hydrogens (tertiary/aromatic N) is 3. The third-order valence-electron chi connectivity index (χ3n) is 3.38. The summed E-state index contributed by atoms with van der Waals surface area (Å²) in [6.07, 6.45) is 3.54. The molecule has 21 heavy (non-hydrogen) atoms. The molecule has 0 spiro atoms. The standard InChI is InChI=1S/C16H16N4O/c1-10-4-5-13(11(2)6-10)16-18-14(7-15(21)19-16)12-8-17-20(3)9-12/h4-9H,1-3H3,(H,18,19,21). The molecule has 0 amide bonds. The number of nitrogens with one attached hydrogen (secondary N) is 1. The molecule has 0 saturated heterocycles. The summed E-state index contributed by atoms with van der Waals surface area (Å²) in [5.41, 5.74) is 4.49. The molecule has 106 valence electrons. The number of aryl methyl sites for hydroxylation is 3. The summed E-state index contributed by atoms with van der Waals surface area (Å²) in [6, 6.07) is 7.56. The molecule has 2 heterocycles. The Labute approximate surface area is 122 Å². The number of hydrogen-bond donors (Lipinski definition) is 1. The molecule has 0 atom stereocenters. The second-order valence-electron chi connectivity index (χ2n) is 5.20. The van der Waals surface area contributed by atoms with Crippen LogP contribution in [0.5, 0.6) is 0 Å². The first-order valence-electron chi connectivity index (χ1n) is 6.71. The number of H-pyrrole nitrogens is 1. The van der Waals surface area contributed by atoms with Gasteiger partial charge in [-0.25, -0.2) is 4.98 Å². The van der Waals surface area contributed by atoms with Gasteiger partial charge in [-0.3, -0.25) is 9.48 Å². The van der Waals surface area contributed by atoms with Crippen molar-refractivity contribution in [3.63, 3.8) is 0 Å². The normalized spacial score (nSPS) is 10.8. The van der Waals surface area contributed by atoms with E-state index >= 15 is 0 Å². The Kier molecular flexibility index (Phi) is 3.17. The first-order chi connectivity index (χ1) is 10.0. The van der Waals surface area contributed by atoms with Crippen molar-refractivity contribution >= 4 is 0 Å².